The Bertz CT molecular complexity index is 577. The lowest BCUT2D eigenvalue weighted by Gasteiger charge is -2.13. The molecule has 1 aromatic carbocycles. The zero-order chi connectivity index (χ0) is 12.7. The second kappa shape index (κ2) is 4.85. The molecule has 2 heterocycles. The number of aliphatic hydroxyl groups excluding tert-OH is 1. The number of benzene rings is 1. The first-order valence-corrected chi connectivity index (χ1v) is 7.53. The highest BCUT2D eigenvalue weighted by atomic mass is 79.9. The fourth-order valence-electron chi connectivity index (χ4n) is 2.11. The van der Waals surface area contributed by atoms with E-state index in [4.69, 9.17) is 16.3 Å². The van der Waals surface area contributed by atoms with Gasteiger partial charge < -0.3 is 9.84 Å². The van der Waals surface area contributed by atoms with Gasteiger partial charge in [0.15, 0.2) is 0 Å². The molecular weight excluding hydrogens is 336 g/mol. The van der Waals surface area contributed by atoms with Gasteiger partial charge in [0.05, 0.1) is 6.61 Å². The van der Waals surface area contributed by atoms with Gasteiger partial charge in [-0.1, -0.05) is 29.8 Å². The molecule has 0 amide bonds. The van der Waals surface area contributed by atoms with E-state index in [9.17, 15) is 5.11 Å². The maximum atomic E-state index is 10.4. The van der Waals surface area contributed by atoms with Crippen molar-refractivity contribution in [2.24, 2.45) is 0 Å². The minimum Gasteiger partial charge on any atom is -0.493 e. The molecule has 94 valence electrons. The average molecular weight is 346 g/mol. The van der Waals surface area contributed by atoms with Crippen molar-refractivity contribution < 1.29 is 9.84 Å². The Kier molecular flexibility index (Phi) is 3.36. The van der Waals surface area contributed by atoms with E-state index in [1.54, 1.807) is 0 Å². The molecule has 1 unspecified atom stereocenters. The van der Waals surface area contributed by atoms with Gasteiger partial charge >= 0.3 is 0 Å². The first kappa shape index (κ1) is 12.5. The zero-order valence-electron chi connectivity index (χ0n) is 9.32. The predicted molar refractivity (Wildman–Crippen MR) is 76.7 cm³/mol. The second-order valence-corrected chi connectivity index (χ2v) is 6.65. The molecule has 2 aromatic rings. The molecule has 1 aromatic heterocycles. The lowest BCUT2D eigenvalue weighted by Crippen LogP contribution is -2.00. The van der Waals surface area contributed by atoms with Crippen LogP contribution in [0.25, 0.3) is 0 Å². The Balaban J connectivity index is 2.02. The fourth-order valence-corrected chi connectivity index (χ4v) is 3.85. The van der Waals surface area contributed by atoms with Crippen LogP contribution in [0, 0.1) is 0 Å². The SMILES string of the molecule is OC(c1cc(Br)c(Cl)s1)c1cccc2c1OCC2. The first-order valence-electron chi connectivity index (χ1n) is 5.54. The minimum atomic E-state index is -0.688. The molecule has 0 spiro atoms. The number of aliphatic hydroxyl groups is 1. The number of hydrogen-bond donors (Lipinski definition) is 1. The van der Waals surface area contributed by atoms with Crippen molar-refractivity contribution in [2.75, 3.05) is 6.61 Å². The quantitative estimate of drug-likeness (QED) is 0.885. The Morgan fingerprint density at radius 1 is 1.44 bits per heavy atom. The van der Waals surface area contributed by atoms with E-state index in [1.165, 1.54) is 11.3 Å². The van der Waals surface area contributed by atoms with Crippen molar-refractivity contribution >= 4 is 38.9 Å². The molecule has 0 fully saturated rings. The summed E-state index contributed by atoms with van der Waals surface area (Å²) in [5.74, 6) is 0.825. The molecule has 1 N–H and O–H groups in total. The Labute approximate surface area is 122 Å². The molecule has 18 heavy (non-hydrogen) atoms. The van der Waals surface area contributed by atoms with Crippen LogP contribution < -0.4 is 4.74 Å². The summed E-state index contributed by atoms with van der Waals surface area (Å²) < 4.78 is 7.08. The third-order valence-electron chi connectivity index (χ3n) is 2.97. The Hall–Kier alpha value is -0.550. The zero-order valence-corrected chi connectivity index (χ0v) is 12.5. The Morgan fingerprint density at radius 2 is 2.28 bits per heavy atom. The third kappa shape index (κ3) is 2.07. The summed E-state index contributed by atoms with van der Waals surface area (Å²) >= 11 is 10.7. The summed E-state index contributed by atoms with van der Waals surface area (Å²) in [5.41, 5.74) is 1.98. The predicted octanol–water partition coefficient (Wildman–Crippen LogP) is 4.18. The fraction of sp³-hybridized carbons (Fsp3) is 0.231. The van der Waals surface area contributed by atoms with Gasteiger partial charge in [0.25, 0.3) is 0 Å². The van der Waals surface area contributed by atoms with Crippen LogP contribution in [-0.2, 0) is 6.42 Å². The number of thiophene rings is 1. The number of rotatable bonds is 2. The molecule has 0 bridgehead atoms. The molecule has 3 rings (SSSR count). The van der Waals surface area contributed by atoms with Gasteiger partial charge in [-0.15, -0.1) is 11.3 Å². The van der Waals surface area contributed by atoms with E-state index >= 15 is 0 Å². The van der Waals surface area contributed by atoms with Crippen LogP contribution >= 0.6 is 38.9 Å². The van der Waals surface area contributed by atoms with Gasteiger partial charge in [-0.3, -0.25) is 0 Å². The van der Waals surface area contributed by atoms with Crippen molar-refractivity contribution in [1.82, 2.24) is 0 Å². The van der Waals surface area contributed by atoms with Crippen LogP contribution in [0.5, 0.6) is 5.75 Å². The van der Waals surface area contributed by atoms with Gasteiger partial charge in [-0.05, 0) is 27.6 Å². The van der Waals surface area contributed by atoms with E-state index in [2.05, 4.69) is 15.9 Å². The minimum absolute atomic E-state index is 0.651. The molecule has 0 saturated heterocycles. The van der Waals surface area contributed by atoms with E-state index in [0.717, 1.165) is 32.6 Å². The molecule has 1 aliphatic heterocycles. The number of ether oxygens (including phenoxy) is 1. The standard InChI is InChI=1S/C13H10BrClO2S/c14-9-6-10(18-13(9)15)11(16)8-3-1-2-7-4-5-17-12(7)8/h1-3,6,11,16H,4-5H2. The molecule has 1 atom stereocenters. The molecule has 0 radical (unpaired) electrons. The summed E-state index contributed by atoms with van der Waals surface area (Å²) in [6.45, 7) is 0.688. The van der Waals surface area contributed by atoms with Gasteiger partial charge in [0.1, 0.15) is 16.2 Å². The molecular formula is C13H10BrClO2S. The monoisotopic (exact) mass is 344 g/mol. The second-order valence-electron chi connectivity index (χ2n) is 4.11. The van der Waals surface area contributed by atoms with Crippen molar-refractivity contribution in [2.45, 2.75) is 12.5 Å². The highest BCUT2D eigenvalue weighted by Gasteiger charge is 2.23. The van der Waals surface area contributed by atoms with E-state index < -0.39 is 6.10 Å². The highest BCUT2D eigenvalue weighted by molar-refractivity contribution is 9.10. The number of para-hydroxylation sites is 1. The van der Waals surface area contributed by atoms with Crippen LogP contribution in [0.1, 0.15) is 22.1 Å². The van der Waals surface area contributed by atoms with E-state index in [0.29, 0.717) is 10.9 Å². The third-order valence-corrected chi connectivity index (χ3v) is 5.50. The van der Waals surface area contributed by atoms with Gasteiger partial charge in [0, 0.05) is 21.3 Å². The number of hydrogen-bond acceptors (Lipinski definition) is 3. The maximum Gasteiger partial charge on any atom is 0.128 e. The van der Waals surface area contributed by atoms with Crippen LogP contribution in [0.15, 0.2) is 28.7 Å². The average Bonchev–Trinajstić information content (AvgIpc) is 2.95. The largest absolute Gasteiger partial charge is 0.493 e. The van der Waals surface area contributed by atoms with Crippen LogP contribution in [0.3, 0.4) is 0 Å². The van der Waals surface area contributed by atoms with E-state index in [-0.39, 0.29) is 0 Å². The van der Waals surface area contributed by atoms with Crippen molar-refractivity contribution in [3.63, 3.8) is 0 Å². The summed E-state index contributed by atoms with van der Waals surface area (Å²) in [7, 11) is 0. The number of halogens is 2. The lowest BCUT2D eigenvalue weighted by atomic mass is 10.0. The van der Waals surface area contributed by atoms with Crippen molar-refractivity contribution in [3.05, 3.63) is 49.1 Å². The lowest BCUT2D eigenvalue weighted by molar-refractivity contribution is 0.217. The van der Waals surface area contributed by atoms with Gasteiger partial charge in [0.2, 0.25) is 0 Å². The van der Waals surface area contributed by atoms with E-state index in [1.807, 2.05) is 24.3 Å². The maximum absolute atomic E-state index is 10.4. The summed E-state index contributed by atoms with van der Waals surface area (Å²) in [5, 5.41) is 10.4. The molecule has 2 nitrogen and oxygen atoms in total. The molecule has 5 heteroatoms. The first-order chi connectivity index (χ1) is 8.66. The summed E-state index contributed by atoms with van der Waals surface area (Å²) in [6.07, 6.45) is 0.219. The van der Waals surface area contributed by atoms with Crippen LogP contribution in [0.2, 0.25) is 4.34 Å². The normalized spacial score (nSPS) is 15.3. The highest BCUT2D eigenvalue weighted by Crippen LogP contribution is 2.41. The van der Waals surface area contributed by atoms with Gasteiger partial charge in [-0.2, -0.15) is 0 Å². The summed E-state index contributed by atoms with van der Waals surface area (Å²) in [6, 6.07) is 7.74. The van der Waals surface area contributed by atoms with Crippen molar-refractivity contribution in [3.8, 4) is 5.75 Å². The Morgan fingerprint density at radius 3 is 3.00 bits per heavy atom. The molecule has 1 aliphatic rings. The smallest absolute Gasteiger partial charge is 0.128 e. The number of fused-ring (bicyclic) bond motifs is 1. The topological polar surface area (TPSA) is 29.5 Å². The summed E-state index contributed by atoms with van der Waals surface area (Å²) in [4.78, 5) is 0.816. The molecule has 0 saturated carbocycles. The van der Waals surface area contributed by atoms with Crippen molar-refractivity contribution in [1.29, 1.82) is 0 Å². The van der Waals surface area contributed by atoms with Crippen LogP contribution in [-0.4, -0.2) is 11.7 Å². The molecule has 0 aliphatic carbocycles. The van der Waals surface area contributed by atoms with Gasteiger partial charge in [-0.25, -0.2) is 0 Å². The van der Waals surface area contributed by atoms with Crippen LogP contribution in [0.4, 0.5) is 0 Å².